The maximum Gasteiger partial charge on any atom is 0.138 e. The Hall–Kier alpha value is -1.39. The minimum atomic E-state index is 0.432. The van der Waals surface area contributed by atoms with E-state index in [1.54, 1.807) is 11.0 Å². The number of nitrogens with zero attached hydrogens (tertiary/aromatic N) is 3. The average molecular weight is 263 g/mol. The summed E-state index contributed by atoms with van der Waals surface area (Å²) in [6, 6.07) is 6.58. The topological polar surface area (TPSA) is 42.7 Å². The van der Waals surface area contributed by atoms with Crippen LogP contribution in [0.2, 0.25) is 5.02 Å². The first-order valence-corrected chi connectivity index (χ1v) is 6.60. The largest absolute Gasteiger partial charge is 0.310 e. The van der Waals surface area contributed by atoms with Crippen LogP contribution in [0.1, 0.15) is 30.9 Å². The highest BCUT2D eigenvalue weighted by molar-refractivity contribution is 6.32. The molecule has 0 aliphatic carbocycles. The first-order valence-electron chi connectivity index (χ1n) is 6.22. The van der Waals surface area contributed by atoms with Crippen LogP contribution in [0.25, 0.3) is 5.69 Å². The Morgan fingerprint density at radius 1 is 1.33 bits per heavy atom. The summed E-state index contributed by atoms with van der Waals surface area (Å²) in [5, 5.41) is 8.33. The van der Waals surface area contributed by atoms with Crippen LogP contribution in [0, 0.1) is 0 Å². The van der Waals surface area contributed by atoms with Gasteiger partial charge in [0.1, 0.15) is 12.7 Å². The van der Waals surface area contributed by atoms with E-state index >= 15 is 0 Å². The molecule has 1 aliphatic rings. The van der Waals surface area contributed by atoms with Crippen molar-refractivity contribution in [2.45, 2.75) is 25.3 Å². The number of nitrogens with one attached hydrogen (secondary N) is 1. The van der Waals surface area contributed by atoms with Gasteiger partial charge in [-0.1, -0.05) is 24.1 Å². The standard InChI is InChI=1S/C13H15ClN4/c14-11-7-10(12-3-1-2-6-16-12)4-5-13(11)18-9-15-8-17-18/h4-5,7-9,12,16H,1-3,6H2. The molecular formula is C13H15ClN4. The average Bonchev–Trinajstić information content (AvgIpc) is 2.93. The second-order valence-electron chi connectivity index (χ2n) is 4.55. The fourth-order valence-corrected chi connectivity index (χ4v) is 2.67. The van der Waals surface area contributed by atoms with Gasteiger partial charge < -0.3 is 5.32 Å². The third kappa shape index (κ3) is 2.26. The van der Waals surface area contributed by atoms with E-state index in [-0.39, 0.29) is 0 Å². The SMILES string of the molecule is Clc1cc(C2CCCCN2)ccc1-n1cncn1. The Kier molecular flexibility index (Phi) is 3.30. The van der Waals surface area contributed by atoms with Gasteiger partial charge in [-0.25, -0.2) is 9.67 Å². The highest BCUT2D eigenvalue weighted by Gasteiger charge is 2.16. The minimum Gasteiger partial charge on any atom is -0.310 e. The molecule has 94 valence electrons. The molecule has 0 saturated carbocycles. The van der Waals surface area contributed by atoms with Gasteiger partial charge in [0.25, 0.3) is 0 Å². The van der Waals surface area contributed by atoms with E-state index in [1.165, 1.54) is 31.2 Å². The molecule has 2 heterocycles. The molecule has 18 heavy (non-hydrogen) atoms. The molecule has 0 bridgehead atoms. The van der Waals surface area contributed by atoms with Gasteiger partial charge in [0.2, 0.25) is 0 Å². The van der Waals surface area contributed by atoms with E-state index < -0.39 is 0 Å². The number of hydrogen-bond acceptors (Lipinski definition) is 3. The second-order valence-corrected chi connectivity index (χ2v) is 4.96. The van der Waals surface area contributed by atoms with Gasteiger partial charge in [-0.05, 0) is 37.1 Å². The van der Waals surface area contributed by atoms with E-state index in [1.807, 2.05) is 12.1 Å². The summed E-state index contributed by atoms with van der Waals surface area (Å²) in [4.78, 5) is 3.93. The highest BCUT2D eigenvalue weighted by Crippen LogP contribution is 2.28. The maximum absolute atomic E-state index is 6.32. The molecule has 1 aromatic heterocycles. The number of rotatable bonds is 2. The van der Waals surface area contributed by atoms with Crippen LogP contribution in [0.3, 0.4) is 0 Å². The summed E-state index contributed by atoms with van der Waals surface area (Å²) in [5.41, 5.74) is 2.12. The molecule has 1 aliphatic heterocycles. The Labute approximate surface area is 111 Å². The Morgan fingerprint density at radius 3 is 2.94 bits per heavy atom. The Bertz CT molecular complexity index is 518. The second kappa shape index (κ2) is 5.08. The first-order chi connectivity index (χ1) is 8.84. The predicted octanol–water partition coefficient (Wildman–Crippen LogP) is 2.74. The van der Waals surface area contributed by atoms with Crippen molar-refractivity contribution in [2.75, 3.05) is 6.54 Å². The van der Waals surface area contributed by atoms with Crippen molar-refractivity contribution in [1.29, 1.82) is 0 Å². The van der Waals surface area contributed by atoms with Crippen LogP contribution >= 0.6 is 11.6 Å². The summed E-state index contributed by atoms with van der Waals surface area (Å²) in [7, 11) is 0. The molecule has 0 amide bonds. The lowest BCUT2D eigenvalue weighted by Crippen LogP contribution is -2.26. The molecule has 3 rings (SSSR count). The van der Waals surface area contributed by atoms with E-state index in [4.69, 9.17) is 11.6 Å². The van der Waals surface area contributed by atoms with Crippen molar-refractivity contribution in [2.24, 2.45) is 0 Å². The third-order valence-electron chi connectivity index (χ3n) is 3.35. The molecule has 1 saturated heterocycles. The molecule has 0 radical (unpaired) electrons. The van der Waals surface area contributed by atoms with E-state index in [0.29, 0.717) is 11.1 Å². The molecule has 1 N–H and O–H groups in total. The predicted molar refractivity (Wildman–Crippen MR) is 71.0 cm³/mol. The number of piperidine rings is 1. The van der Waals surface area contributed by atoms with Gasteiger partial charge in [0.05, 0.1) is 10.7 Å². The zero-order valence-electron chi connectivity index (χ0n) is 10.0. The van der Waals surface area contributed by atoms with E-state index in [9.17, 15) is 0 Å². The van der Waals surface area contributed by atoms with Crippen molar-refractivity contribution < 1.29 is 0 Å². The molecule has 2 aromatic rings. The molecule has 1 atom stereocenters. The van der Waals surface area contributed by atoms with Crippen molar-refractivity contribution in [3.8, 4) is 5.69 Å². The van der Waals surface area contributed by atoms with Crippen LogP contribution in [0.15, 0.2) is 30.9 Å². The summed E-state index contributed by atoms with van der Waals surface area (Å²) < 4.78 is 1.68. The maximum atomic E-state index is 6.32. The number of hydrogen-bond donors (Lipinski definition) is 1. The molecular weight excluding hydrogens is 248 g/mol. The summed E-state index contributed by atoms with van der Waals surface area (Å²) >= 11 is 6.32. The van der Waals surface area contributed by atoms with Crippen molar-refractivity contribution in [1.82, 2.24) is 20.1 Å². The molecule has 1 fully saturated rings. The quantitative estimate of drug-likeness (QED) is 0.905. The summed E-state index contributed by atoms with van der Waals surface area (Å²) in [6.07, 6.45) is 6.88. The van der Waals surface area contributed by atoms with Crippen LogP contribution in [-0.2, 0) is 0 Å². The lowest BCUT2D eigenvalue weighted by Gasteiger charge is -2.24. The van der Waals surface area contributed by atoms with E-state index in [0.717, 1.165) is 12.2 Å². The molecule has 4 nitrogen and oxygen atoms in total. The van der Waals surface area contributed by atoms with Crippen LogP contribution < -0.4 is 5.32 Å². The van der Waals surface area contributed by atoms with Crippen molar-refractivity contribution in [3.63, 3.8) is 0 Å². The van der Waals surface area contributed by atoms with Crippen LogP contribution in [0.5, 0.6) is 0 Å². The van der Waals surface area contributed by atoms with Gasteiger partial charge in [-0.3, -0.25) is 0 Å². The number of halogens is 1. The number of aromatic nitrogens is 3. The lowest BCUT2D eigenvalue weighted by atomic mass is 9.97. The lowest BCUT2D eigenvalue weighted by molar-refractivity contribution is 0.412. The minimum absolute atomic E-state index is 0.432. The number of benzene rings is 1. The van der Waals surface area contributed by atoms with Crippen LogP contribution in [0.4, 0.5) is 0 Å². The van der Waals surface area contributed by atoms with Crippen molar-refractivity contribution >= 4 is 11.6 Å². The monoisotopic (exact) mass is 262 g/mol. The van der Waals surface area contributed by atoms with Crippen molar-refractivity contribution in [3.05, 3.63) is 41.4 Å². The fraction of sp³-hybridized carbons (Fsp3) is 0.385. The van der Waals surface area contributed by atoms with Crippen LogP contribution in [-0.4, -0.2) is 21.3 Å². The van der Waals surface area contributed by atoms with E-state index in [2.05, 4.69) is 21.5 Å². The Balaban J connectivity index is 1.89. The normalized spacial score (nSPS) is 19.9. The highest BCUT2D eigenvalue weighted by atomic mass is 35.5. The first kappa shape index (κ1) is 11.7. The van der Waals surface area contributed by atoms with Gasteiger partial charge in [-0.15, -0.1) is 0 Å². The Morgan fingerprint density at radius 2 is 2.28 bits per heavy atom. The zero-order valence-corrected chi connectivity index (χ0v) is 10.8. The van der Waals surface area contributed by atoms with Gasteiger partial charge in [-0.2, -0.15) is 5.10 Å². The molecule has 0 spiro atoms. The molecule has 1 unspecified atom stereocenters. The third-order valence-corrected chi connectivity index (χ3v) is 3.65. The zero-order chi connectivity index (χ0) is 12.4. The van der Waals surface area contributed by atoms with Gasteiger partial charge in [0.15, 0.2) is 0 Å². The summed E-state index contributed by atoms with van der Waals surface area (Å²) in [6.45, 7) is 1.09. The van der Waals surface area contributed by atoms with Gasteiger partial charge in [0, 0.05) is 6.04 Å². The smallest absolute Gasteiger partial charge is 0.138 e. The fourth-order valence-electron chi connectivity index (χ4n) is 2.39. The molecule has 1 aromatic carbocycles. The summed E-state index contributed by atoms with van der Waals surface area (Å²) in [5.74, 6) is 0. The molecule has 5 heteroatoms. The van der Waals surface area contributed by atoms with Gasteiger partial charge >= 0.3 is 0 Å².